The molecular weight excluding hydrogens is 502 g/mol. The molecular formula is C28H25N5O6. The van der Waals surface area contributed by atoms with Crippen molar-refractivity contribution in [2.45, 2.75) is 20.0 Å². The van der Waals surface area contributed by atoms with E-state index in [0.717, 1.165) is 4.57 Å². The van der Waals surface area contributed by atoms with Gasteiger partial charge in [-0.25, -0.2) is 4.79 Å². The summed E-state index contributed by atoms with van der Waals surface area (Å²) in [6.07, 6.45) is 0. The number of aromatic nitrogens is 4. The van der Waals surface area contributed by atoms with Gasteiger partial charge in [-0.1, -0.05) is 29.4 Å². The number of methoxy groups -OCH3 is 1. The van der Waals surface area contributed by atoms with E-state index in [1.54, 1.807) is 79.9 Å². The van der Waals surface area contributed by atoms with Crippen LogP contribution in [0, 0.1) is 0 Å². The second kappa shape index (κ2) is 11.1. The van der Waals surface area contributed by atoms with Crippen LogP contribution in [0.15, 0.2) is 86.9 Å². The molecule has 0 aliphatic rings. The van der Waals surface area contributed by atoms with Crippen LogP contribution in [0.5, 0.6) is 11.5 Å². The molecule has 0 saturated carbocycles. The Kier molecular flexibility index (Phi) is 7.21. The van der Waals surface area contributed by atoms with Crippen LogP contribution in [0.3, 0.4) is 0 Å². The van der Waals surface area contributed by atoms with Gasteiger partial charge < -0.3 is 19.3 Å². The predicted molar refractivity (Wildman–Crippen MR) is 144 cm³/mol. The van der Waals surface area contributed by atoms with E-state index >= 15 is 0 Å². The van der Waals surface area contributed by atoms with Gasteiger partial charge in [-0.2, -0.15) is 4.98 Å². The van der Waals surface area contributed by atoms with Gasteiger partial charge in [-0.05, 0) is 55.5 Å². The number of rotatable bonds is 9. The van der Waals surface area contributed by atoms with Gasteiger partial charge in [0.15, 0.2) is 0 Å². The first-order valence-corrected chi connectivity index (χ1v) is 12.2. The fourth-order valence-corrected chi connectivity index (χ4v) is 4.16. The number of nitrogens with one attached hydrogen (secondary N) is 1. The maximum Gasteiger partial charge on any atom is 0.332 e. The Bertz CT molecular complexity index is 1750. The second-order valence-corrected chi connectivity index (χ2v) is 8.49. The zero-order valence-electron chi connectivity index (χ0n) is 21.3. The average Bonchev–Trinajstić information content (AvgIpc) is 3.43. The smallest absolute Gasteiger partial charge is 0.332 e. The Morgan fingerprint density at radius 3 is 2.49 bits per heavy atom. The first-order valence-electron chi connectivity index (χ1n) is 12.2. The topological polar surface area (TPSA) is 130 Å². The van der Waals surface area contributed by atoms with Crippen molar-refractivity contribution in [2.75, 3.05) is 19.0 Å². The van der Waals surface area contributed by atoms with Crippen molar-refractivity contribution in [1.29, 1.82) is 0 Å². The molecule has 198 valence electrons. The molecule has 1 amide bonds. The van der Waals surface area contributed by atoms with Gasteiger partial charge in [0, 0.05) is 5.56 Å². The van der Waals surface area contributed by atoms with Crippen molar-refractivity contribution in [2.24, 2.45) is 0 Å². The number of ether oxygens (including phenoxy) is 2. The van der Waals surface area contributed by atoms with Crippen LogP contribution in [0.1, 0.15) is 12.8 Å². The molecule has 3 aromatic carbocycles. The molecule has 0 atom stereocenters. The summed E-state index contributed by atoms with van der Waals surface area (Å²) in [6, 6.07) is 20.7. The Labute approximate surface area is 222 Å². The molecule has 0 unspecified atom stereocenters. The highest BCUT2D eigenvalue weighted by Gasteiger charge is 2.19. The van der Waals surface area contributed by atoms with Crippen molar-refractivity contribution in [3.63, 3.8) is 0 Å². The van der Waals surface area contributed by atoms with Crippen LogP contribution in [0.25, 0.3) is 22.3 Å². The summed E-state index contributed by atoms with van der Waals surface area (Å²) >= 11 is 0. The number of anilines is 1. The molecule has 0 aliphatic carbocycles. The minimum absolute atomic E-state index is 0.0666. The number of carbonyl (C=O) groups excluding carboxylic acids is 1. The molecule has 0 spiro atoms. The maximum absolute atomic E-state index is 13.5. The quantitative estimate of drug-likeness (QED) is 0.309. The number of amides is 1. The van der Waals surface area contributed by atoms with Crippen LogP contribution < -0.4 is 26.0 Å². The Morgan fingerprint density at radius 2 is 1.72 bits per heavy atom. The van der Waals surface area contributed by atoms with E-state index in [1.807, 2.05) is 6.92 Å². The van der Waals surface area contributed by atoms with Crippen molar-refractivity contribution in [3.05, 3.63) is 99.5 Å². The zero-order valence-corrected chi connectivity index (χ0v) is 21.3. The lowest BCUT2D eigenvalue weighted by Gasteiger charge is -2.14. The number of para-hydroxylation sites is 3. The molecule has 0 radical (unpaired) electrons. The molecule has 2 aromatic heterocycles. The van der Waals surface area contributed by atoms with E-state index in [2.05, 4.69) is 15.5 Å². The van der Waals surface area contributed by atoms with Gasteiger partial charge in [-0.15, -0.1) is 0 Å². The van der Waals surface area contributed by atoms with E-state index in [1.165, 1.54) is 4.57 Å². The van der Waals surface area contributed by atoms with Gasteiger partial charge in [0.25, 0.3) is 5.56 Å². The monoisotopic (exact) mass is 527 g/mol. The summed E-state index contributed by atoms with van der Waals surface area (Å²) < 4.78 is 18.3. The summed E-state index contributed by atoms with van der Waals surface area (Å²) in [5.41, 5.74) is 0.278. The molecule has 0 aliphatic heterocycles. The average molecular weight is 528 g/mol. The molecule has 5 rings (SSSR count). The standard InChI is InChI=1S/C28H25N5O6/c1-3-38-23-11-7-5-9-21(23)29-24(34)16-32-22-10-6-4-8-20(22)27(35)33(28(32)36)17-25-30-26(31-39-25)18-12-14-19(37-2)15-13-18/h4-15H,3,16-17H2,1-2H3,(H,29,34). The van der Waals surface area contributed by atoms with Crippen molar-refractivity contribution >= 4 is 22.5 Å². The highest BCUT2D eigenvalue weighted by molar-refractivity contribution is 5.93. The SMILES string of the molecule is CCOc1ccccc1NC(=O)Cn1c(=O)n(Cc2nc(-c3ccc(OC)cc3)no2)c(=O)c2ccccc21. The van der Waals surface area contributed by atoms with Crippen molar-refractivity contribution in [1.82, 2.24) is 19.3 Å². The second-order valence-electron chi connectivity index (χ2n) is 8.49. The fourth-order valence-electron chi connectivity index (χ4n) is 4.16. The minimum Gasteiger partial charge on any atom is -0.497 e. The lowest BCUT2D eigenvalue weighted by atomic mass is 10.2. The van der Waals surface area contributed by atoms with E-state index < -0.39 is 17.2 Å². The van der Waals surface area contributed by atoms with E-state index in [9.17, 15) is 14.4 Å². The highest BCUT2D eigenvalue weighted by atomic mass is 16.5. The first kappa shape index (κ1) is 25.5. The number of nitrogens with zero attached hydrogens (tertiary/aromatic N) is 4. The first-order chi connectivity index (χ1) is 19.0. The van der Waals surface area contributed by atoms with Gasteiger partial charge in [-0.3, -0.25) is 18.7 Å². The Balaban J connectivity index is 1.47. The predicted octanol–water partition coefficient (Wildman–Crippen LogP) is 3.31. The summed E-state index contributed by atoms with van der Waals surface area (Å²) in [7, 11) is 1.57. The third-order valence-electron chi connectivity index (χ3n) is 6.00. The van der Waals surface area contributed by atoms with Crippen molar-refractivity contribution in [3.8, 4) is 22.9 Å². The fraction of sp³-hybridized carbons (Fsp3) is 0.179. The van der Waals surface area contributed by atoms with Gasteiger partial charge in [0.1, 0.15) is 24.6 Å². The summed E-state index contributed by atoms with van der Waals surface area (Å²) in [4.78, 5) is 44.2. The van der Waals surface area contributed by atoms with Gasteiger partial charge in [0.05, 0.1) is 30.3 Å². The number of carbonyl (C=O) groups is 1. The largest absolute Gasteiger partial charge is 0.497 e. The normalized spacial score (nSPS) is 10.9. The number of benzene rings is 3. The lowest BCUT2D eigenvalue weighted by molar-refractivity contribution is -0.116. The van der Waals surface area contributed by atoms with Crippen LogP contribution >= 0.6 is 0 Å². The van der Waals surface area contributed by atoms with Crippen molar-refractivity contribution < 1.29 is 18.8 Å². The van der Waals surface area contributed by atoms with Crippen LogP contribution in [0.2, 0.25) is 0 Å². The molecule has 11 nitrogen and oxygen atoms in total. The molecule has 2 heterocycles. The Hall–Kier alpha value is -5.19. The number of hydrogen-bond acceptors (Lipinski definition) is 8. The minimum atomic E-state index is -0.684. The zero-order chi connectivity index (χ0) is 27.4. The highest BCUT2D eigenvalue weighted by Crippen LogP contribution is 2.24. The van der Waals surface area contributed by atoms with E-state index in [4.69, 9.17) is 14.0 Å². The summed E-state index contributed by atoms with van der Waals surface area (Å²) in [6.45, 7) is 1.68. The van der Waals surface area contributed by atoms with E-state index in [-0.39, 0.29) is 24.4 Å². The maximum atomic E-state index is 13.5. The molecule has 1 N–H and O–H groups in total. The number of fused-ring (bicyclic) bond motifs is 1. The molecule has 0 bridgehead atoms. The Morgan fingerprint density at radius 1 is 0.974 bits per heavy atom. The van der Waals surface area contributed by atoms with Crippen LogP contribution in [-0.2, 0) is 17.9 Å². The third-order valence-corrected chi connectivity index (χ3v) is 6.00. The van der Waals surface area contributed by atoms with Crippen LogP contribution in [0.4, 0.5) is 5.69 Å². The summed E-state index contributed by atoms with van der Waals surface area (Å²) in [5, 5.41) is 7.03. The summed E-state index contributed by atoms with van der Waals surface area (Å²) in [5.74, 6) is 1.10. The van der Waals surface area contributed by atoms with Crippen LogP contribution in [-0.4, -0.2) is 38.9 Å². The van der Waals surface area contributed by atoms with Gasteiger partial charge in [0.2, 0.25) is 17.6 Å². The molecule has 0 fully saturated rings. The molecule has 39 heavy (non-hydrogen) atoms. The molecule has 5 aromatic rings. The number of hydrogen-bond donors (Lipinski definition) is 1. The van der Waals surface area contributed by atoms with E-state index in [0.29, 0.717) is 40.7 Å². The third kappa shape index (κ3) is 5.28. The lowest BCUT2D eigenvalue weighted by Crippen LogP contribution is -2.42. The van der Waals surface area contributed by atoms with Gasteiger partial charge >= 0.3 is 5.69 Å². The molecule has 11 heteroatoms. The molecule has 0 saturated heterocycles.